The monoisotopic (exact) mass is 371 g/mol. The van der Waals surface area contributed by atoms with Gasteiger partial charge in [0, 0.05) is 32.2 Å². The smallest absolute Gasteiger partial charge is 0.229 e. The molecule has 1 unspecified atom stereocenters. The van der Waals surface area contributed by atoms with E-state index in [1.807, 2.05) is 35.2 Å². The lowest BCUT2D eigenvalue weighted by molar-refractivity contribution is -0.117. The van der Waals surface area contributed by atoms with Gasteiger partial charge in [-0.05, 0) is 56.9 Å². The van der Waals surface area contributed by atoms with Gasteiger partial charge in [0.25, 0.3) is 0 Å². The van der Waals surface area contributed by atoms with Crippen molar-refractivity contribution in [2.45, 2.75) is 38.6 Å². The number of anilines is 1. The molecule has 27 heavy (non-hydrogen) atoms. The molecule has 0 bridgehead atoms. The Bertz CT molecular complexity index is 625. The van der Waals surface area contributed by atoms with Gasteiger partial charge in [0.15, 0.2) is 5.96 Å². The van der Waals surface area contributed by atoms with Crippen molar-refractivity contribution in [3.8, 4) is 0 Å². The highest BCUT2D eigenvalue weighted by Gasteiger charge is 2.31. The van der Waals surface area contributed by atoms with E-state index in [1.54, 1.807) is 7.05 Å². The van der Waals surface area contributed by atoms with Crippen molar-refractivity contribution in [1.29, 1.82) is 0 Å². The van der Waals surface area contributed by atoms with E-state index in [1.165, 1.54) is 38.9 Å². The number of nitrogens with one attached hydrogen (secondary N) is 2. The average molecular weight is 372 g/mol. The van der Waals surface area contributed by atoms with E-state index in [0.717, 1.165) is 24.1 Å². The largest absolute Gasteiger partial charge is 0.356 e. The number of amides is 1. The summed E-state index contributed by atoms with van der Waals surface area (Å²) in [5.41, 5.74) is 0.966. The lowest BCUT2D eigenvalue weighted by atomic mass is 9.93. The SMILES string of the molecule is CCN1CCC(CCNC(=NC)NC2CC(=O)N(c3ccccc3)C2)CC1. The van der Waals surface area contributed by atoms with Gasteiger partial charge in [0.05, 0.1) is 6.04 Å². The van der Waals surface area contributed by atoms with Gasteiger partial charge in [-0.15, -0.1) is 0 Å². The summed E-state index contributed by atoms with van der Waals surface area (Å²) in [6.45, 7) is 7.48. The molecule has 3 rings (SSSR count). The molecule has 1 aromatic rings. The van der Waals surface area contributed by atoms with Gasteiger partial charge >= 0.3 is 0 Å². The number of para-hydroxylation sites is 1. The molecule has 148 valence electrons. The Morgan fingerprint density at radius 2 is 1.96 bits per heavy atom. The Morgan fingerprint density at radius 3 is 2.63 bits per heavy atom. The Labute approximate surface area is 163 Å². The predicted molar refractivity (Wildman–Crippen MR) is 111 cm³/mol. The maximum absolute atomic E-state index is 12.3. The van der Waals surface area contributed by atoms with Gasteiger partial charge < -0.3 is 20.4 Å². The van der Waals surface area contributed by atoms with Crippen LogP contribution in [0.5, 0.6) is 0 Å². The average Bonchev–Trinajstić information content (AvgIpc) is 3.08. The Kier molecular flexibility index (Phi) is 7.10. The highest BCUT2D eigenvalue weighted by atomic mass is 16.2. The Balaban J connectivity index is 1.41. The van der Waals surface area contributed by atoms with Crippen molar-refractivity contribution in [3.05, 3.63) is 30.3 Å². The summed E-state index contributed by atoms with van der Waals surface area (Å²) in [6.07, 6.45) is 4.28. The molecule has 2 saturated heterocycles. The third kappa shape index (κ3) is 5.45. The second-order valence-corrected chi connectivity index (χ2v) is 7.55. The standard InChI is InChI=1S/C21H33N5O/c1-3-25-13-10-17(11-14-25)9-12-23-21(22-2)24-18-15-20(27)26(16-18)19-7-5-4-6-8-19/h4-8,17-18H,3,9-16H2,1-2H3,(H2,22,23,24). The maximum atomic E-state index is 12.3. The van der Waals surface area contributed by atoms with Gasteiger partial charge in [0.2, 0.25) is 5.91 Å². The fourth-order valence-electron chi connectivity index (χ4n) is 4.04. The molecule has 1 atom stereocenters. The first-order chi connectivity index (χ1) is 13.2. The first-order valence-corrected chi connectivity index (χ1v) is 10.2. The van der Waals surface area contributed by atoms with Crippen molar-refractivity contribution in [2.24, 2.45) is 10.9 Å². The summed E-state index contributed by atoms with van der Waals surface area (Å²) in [5, 5.41) is 6.85. The lowest BCUT2D eigenvalue weighted by Gasteiger charge is -2.31. The van der Waals surface area contributed by atoms with E-state index >= 15 is 0 Å². The molecule has 1 amide bonds. The van der Waals surface area contributed by atoms with Gasteiger partial charge in [-0.25, -0.2) is 0 Å². The second-order valence-electron chi connectivity index (χ2n) is 7.55. The molecule has 0 spiro atoms. The van der Waals surface area contributed by atoms with E-state index in [-0.39, 0.29) is 11.9 Å². The first kappa shape index (κ1) is 19.7. The summed E-state index contributed by atoms with van der Waals surface area (Å²) in [6, 6.07) is 9.96. The second kappa shape index (κ2) is 9.74. The third-order valence-electron chi connectivity index (χ3n) is 5.76. The minimum Gasteiger partial charge on any atom is -0.356 e. The number of hydrogen-bond acceptors (Lipinski definition) is 3. The van der Waals surface area contributed by atoms with Crippen molar-refractivity contribution >= 4 is 17.6 Å². The van der Waals surface area contributed by atoms with Crippen LogP contribution in [-0.2, 0) is 4.79 Å². The van der Waals surface area contributed by atoms with Crippen molar-refractivity contribution in [3.63, 3.8) is 0 Å². The zero-order chi connectivity index (χ0) is 19.1. The highest BCUT2D eigenvalue weighted by Crippen LogP contribution is 2.21. The summed E-state index contributed by atoms with van der Waals surface area (Å²) in [5.74, 6) is 1.77. The van der Waals surface area contributed by atoms with Gasteiger partial charge in [-0.3, -0.25) is 9.79 Å². The molecule has 1 aromatic carbocycles. The van der Waals surface area contributed by atoms with E-state index in [9.17, 15) is 4.79 Å². The molecule has 2 fully saturated rings. The predicted octanol–water partition coefficient (Wildman–Crippen LogP) is 2.08. The number of carbonyl (C=O) groups excluding carboxylic acids is 1. The maximum Gasteiger partial charge on any atom is 0.229 e. The van der Waals surface area contributed by atoms with Crippen LogP contribution in [0.2, 0.25) is 0 Å². The molecule has 2 aliphatic heterocycles. The van der Waals surface area contributed by atoms with Gasteiger partial charge in [-0.1, -0.05) is 25.1 Å². The van der Waals surface area contributed by atoms with Crippen LogP contribution in [0, 0.1) is 5.92 Å². The van der Waals surface area contributed by atoms with Crippen molar-refractivity contribution in [2.75, 3.05) is 44.7 Å². The summed E-state index contributed by atoms with van der Waals surface area (Å²) in [7, 11) is 1.79. The third-order valence-corrected chi connectivity index (χ3v) is 5.76. The number of rotatable bonds is 6. The Morgan fingerprint density at radius 1 is 1.22 bits per heavy atom. The zero-order valence-electron chi connectivity index (χ0n) is 16.7. The molecule has 2 aliphatic rings. The van der Waals surface area contributed by atoms with Crippen LogP contribution in [-0.4, -0.2) is 62.6 Å². The molecule has 0 aliphatic carbocycles. The number of hydrogen-bond donors (Lipinski definition) is 2. The highest BCUT2D eigenvalue weighted by molar-refractivity contribution is 5.97. The van der Waals surface area contributed by atoms with E-state index in [0.29, 0.717) is 13.0 Å². The van der Waals surface area contributed by atoms with Crippen molar-refractivity contribution in [1.82, 2.24) is 15.5 Å². The van der Waals surface area contributed by atoms with Crippen LogP contribution in [0.3, 0.4) is 0 Å². The topological polar surface area (TPSA) is 60.0 Å². The lowest BCUT2D eigenvalue weighted by Crippen LogP contribution is -2.45. The van der Waals surface area contributed by atoms with E-state index in [4.69, 9.17) is 0 Å². The number of nitrogens with zero attached hydrogens (tertiary/aromatic N) is 3. The van der Waals surface area contributed by atoms with Gasteiger partial charge in [-0.2, -0.15) is 0 Å². The van der Waals surface area contributed by atoms with Crippen molar-refractivity contribution < 1.29 is 4.79 Å². The first-order valence-electron chi connectivity index (χ1n) is 10.2. The minimum absolute atomic E-state index is 0.0942. The minimum atomic E-state index is 0.0942. The van der Waals surface area contributed by atoms with Crippen LogP contribution < -0.4 is 15.5 Å². The molecular weight excluding hydrogens is 338 g/mol. The van der Waals surface area contributed by atoms with Crippen LogP contribution in [0.4, 0.5) is 5.69 Å². The molecular formula is C21H33N5O. The molecule has 0 saturated carbocycles. The molecule has 0 aromatic heterocycles. The number of piperidine rings is 1. The fourth-order valence-corrected chi connectivity index (χ4v) is 4.04. The van der Waals surface area contributed by atoms with Crippen LogP contribution >= 0.6 is 0 Å². The summed E-state index contributed by atoms with van der Waals surface area (Å²) >= 11 is 0. The van der Waals surface area contributed by atoms with Gasteiger partial charge in [0.1, 0.15) is 0 Å². The number of guanidine groups is 1. The van der Waals surface area contributed by atoms with E-state index < -0.39 is 0 Å². The number of benzene rings is 1. The fraction of sp³-hybridized carbons (Fsp3) is 0.619. The molecule has 6 heteroatoms. The molecule has 6 nitrogen and oxygen atoms in total. The molecule has 2 heterocycles. The number of likely N-dealkylation sites (tertiary alicyclic amines) is 1. The summed E-state index contributed by atoms with van der Waals surface area (Å²) in [4.78, 5) is 21.1. The zero-order valence-corrected chi connectivity index (χ0v) is 16.7. The van der Waals surface area contributed by atoms with E-state index in [2.05, 4.69) is 27.4 Å². The number of aliphatic imine (C=N–C) groups is 1. The quantitative estimate of drug-likeness (QED) is 0.594. The Hall–Kier alpha value is -2.08. The number of carbonyl (C=O) groups is 1. The van der Waals surface area contributed by atoms with Crippen LogP contribution in [0.15, 0.2) is 35.3 Å². The summed E-state index contributed by atoms with van der Waals surface area (Å²) < 4.78 is 0. The van der Waals surface area contributed by atoms with Crippen LogP contribution in [0.1, 0.15) is 32.6 Å². The molecule has 2 N–H and O–H groups in total. The molecule has 0 radical (unpaired) electrons. The normalized spacial score (nSPS) is 22.3. The van der Waals surface area contributed by atoms with Crippen LogP contribution in [0.25, 0.3) is 0 Å².